The van der Waals surface area contributed by atoms with Gasteiger partial charge in [-0.3, -0.25) is 9.59 Å². The maximum atomic E-state index is 12.9. The van der Waals surface area contributed by atoms with Crippen molar-refractivity contribution in [1.29, 1.82) is 0 Å². The van der Waals surface area contributed by atoms with Gasteiger partial charge in [0.2, 0.25) is 0 Å². The maximum absolute atomic E-state index is 12.9. The highest BCUT2D eigenvalue weighted by atomic mass is 16.6. The Morgan fingerprint density at radius 1 is 0.902 bits per heavy atom. The summed E-state index contributed by atoms with van der Waals surface area (Å²) in [4.78, 5) is 25.1. The molecule has 51 heavy (non-hydrogen) atoms. The summed E-state index contributed by atoms with van der Waals surface area (Å²) >= 11 is 0. The number of carbonyl (C=O) groups is 2. The third-order valence-corrected chi connectivity index (χ3v) is 15.6. The first-order valence-corrected chi connectivity index (χ1v) is 22.3. The second-order valence-corrected chi connectivity index (χ2v) is 19.0. The van der Waals surface area contributed by atoms with Crippen LogP contribution in [0, 0.1) is 52.3 Å². The van der Waals surface area contributed by atoms with Crippen LogP contribution in [0.25, 0.3) is 0 Å². The highest BCUT2D eigenvalue weighted by molar-refractivity contribution is 5.89. The zero-order valence-electron chi connectivity index (χ0n) is 34.2. The number of carbonyl (C=O) groups excluding carboxylic acids is 2. The van der Waals surface area contributed by atoms with E-state index in [1.807, 2.05) is 6.08 Å². The molecule has 1 saturated heterocycles. The molecular weight excluding hydrogens is 629 g/mol. The van der Waals surface area contributed by atoms with Gasteiger partial charge >= 0.3 is 5.97 Å². The van der Waals surface area contributed by atoms with E-state index < -0.39 is 0 Å². The van der Waals surface area contributed by atoms with Gasteiger partial charge in [-0.05, 0) is 135 Å². The van der Waals surface area contributed by atoms with Gasteiger partial charge in [0.1, 0.15) is 12.2 Å². The molecule has 11 atom stereocenters. The fourth-order valence-electron chi connectivity index (χ4n) is 12.2. The summed E-state index contributed by atoms with van der Waals surface area (Å²) in [5, 5.41) is 0. The SMILES string of the molecule is CCCCC[C@@H]1O[C@H]1/C=C/C(=O)CCCCCCCC(=O)O[C@H]1CC[C@@]2(C)C(=CC[C@H]3[C@@H]4CC[C@H]([C@H](C)CC[C@@H](CC)C(C)C)[C@@]4(C)CC[C@@H]32)C1. The number of rotatable bonds is 21. The molecule has 0 radical (unpaired) electrons. The third kappa shape index (κ3) is 10.2. The van der Waals surface area contributed by atoms with Crippen LogP contribution in [-0.4, -0.2) is 30.1 Å². The Labute approximate surface area is 314 Å². The predicted octanol–water partition coefficient (Wildman–Crippen LogP) is 12.8. The number of hydrogen-bond donors (Lipinski definition) is 0. The summed E-state index contributed by atoms with van der Waals surface area (Å²) in [6.07, 6.45) is 32.1. The minimum atomic E-state index is -0.00769. The van der Waals surface area contributed by atoms with Crippen molar-refractivity contribution in [3.63, 3.8) is 0 Å². The summed E-state index contributed by atoms with van der Waals surface area (Å²) in [5.74, 6) is 6.17. The average Bonchev–Trinajstić information content (AvgIpc) is 3.75. The standard InChI is InChI=1S/C47H78O4/c1-8-10-14-18-43-44(51-43)27-23-37(48)17-15-12-11-13-16-19-45(49)50-38-28-30-46(6)36(32-38)22-24-39-41-26-25-40(47(41,7)31-29-42(39)46)34(5)20-21-35(9-2)33(3)4/h22-23,27,33-35,38-44H,8-21,24-26,28-32H2,1-7H3/b27-23+/t34-,35-,38+,39+,40-,41+,42+,43+,44+,46+,47-/m1/s1. The number of ether oxygens (including phenoxy) is 2. The summed E-state index contributed by atoms with van der Waals surface area (Å²) in [6.45, 7) is 17.3. The average molecular weight is 707 g/mol. The Kier molecular flexibility index (Phi) is 15.0. The van der Waals surface area contributed by atoms with Gasteiger partial charge in [0.15, 0.2) is 5.78 Å². The quantitative estimate of drug-likeness (QED) is 0.0392. The lowest BCUT2D eigenvalue weighted by atomic mass is 9.47. The van der Waals surface area contributed by atoms with Crippen molar-refractivity contribution in [3.05, 3.63) is 23.8 Å². The molecule has 0 unspecified atom stereocenters. The number of hydrogen-bond acceptors (Lipinski definition) is 4. The van der Waals surface area contributed by atoms with Gasteiger partial charge in [0, 0.05) is 19.3 Å². The zero-order chi connectivity index (χ0) is 36.6. The first kappa shape index (κ1) is 40.8. The van der Waals surface area contributed by atoms with Crippen molar-refractivity contribution in [2.45, 2.75) is 208 Å². The first-order valence-electron chi connectivity index (χ1n) is 22.3. The minimum Gasteiger partial charge on any atom is -0.462 e. The van der Waals surface area contributed by atoms with Crippen molar-refractivity contribution in [2.75, 3.05) is 0 Å². The fourth-order valence-corrected chi connectivity index (χ4v) is 12.2. The van der Waals surface area contributed by atoms with Crippen molar-refractivity contribution in [3.8, 4) is 0 Å². The van der Waals surface area contributed by atoms with Crippen molar-refractivity contribution in [2.24, 2.45) is 52.3 Å². The number of allylic oxidation sites excluding steroid dienone is 2. The molecular formula is C47H78O4. The normalized spacial score (nSPS) is 35.5. The van der Waals surface area contributed by atoms with E-state index in [1.165, 1.54) is 77.0 Å². The van der Waals surface area contributed by atoms with Crippen LogP contribution in [0.5, 0.6) is 0 Å². The van der Waals surface area contributed by atoms with Crippen molar-refractivity contribution in [1.82, 2.24) is 0 Å². The Bertz CT molecular complexity index is 1180. The van der Waals surface area contributed by atoms with E-state index in [0.29, 0.717) is 29.8 Å². The molecule has 0 aromatic rings. The first-order chi connectivity index (χ1) is 24.5. The number of unbranched alkanes of at least 4 members (excludes halogenated alkanes) is 6. The zero-order valence-corrected chi connectivity index (χ0v) is 34.2. The van der Waals surface area contributed by atoms with E-state index in [1.54, 1.807) is 11.6 Å². The fraction of sp³-hybridized carbons (Fsp3) is 0.872. The molecule has 1 heterocycles. The summed E-state index contributed by atoms with van der Waals surface area (Å²) in [5.41, 5.74) is 2.42. The van der Waals surface area contributed by atoms with Gasteiger partial charge in [-0.1, -0.05) is 111 Å². The third-order valence-electron chi connectivity index (χ3n) is 15.6. The largest absolute Gasteiger partial charge is 0.462 e. The molecule has 4 aliphatic carbocycles. The molecule has 4 nitrogen and oxygen atoms in total. The van der Waals surface area contributed by atoms with Crippen LogP contribution in [0.1, 0.15) is 190 Å². The molecule has 1 aliphatic heterocycles. The molecule has 5 rings (SSSR count). The van der Waals surface area contributed by atoms with Crippen LogP contribution in [0.3, 0.4) is 0 Å². The van der Waals surface area contributed by atoms with Crippen LogP contribution >= 0.6 is 0 Å². The highest BCUT2D eigenvalue weighted by Crippen LogP contribution is 2.67. The second-order valence-electron chi connectivity index (χ2n) is 19.0. The molecule has 290 valence electrons. The van der Waals surface area contributed by atoms with Gasteiger partial charge in [-0.2, -0.15) is 0 Å². The number of fused-ring (bicyclic) bond motifs is 5. The van der Waals surface area contributed by atoms with Crippen molar-refractivity contribution >= 4 is 11.8 Å². The molecule has 0 N–H and O–H groups in total. The van der Waals surface area contributed by atoms with Gasteiger partial charge in [0.05, 0.1) is 6.10 Å². The van der Waals surface area contributed by atoms with Crippen molar-refractivity contribution < 1.29 is 19.1 Å². The molecule has 4 fully saturated rings. The Morgan fingerprint density at radius 3 is 2.41 bits per heavy atom. The lowest BCUT2D eigenvalue weighted by Gasteiger charge is -2.58. The van der Waals surface area contributed by atoms with E-state index in [0.717, 1.165) is 92.8 Å². The van der Waals surface area contributed by atoms with E-state index in [2.05, 4.69) is 54.5 Å². The number of esters is 1. The summed E-state index contributed by atoms with van der Waals surface area (Å²) in [7, 11) is 0. The van der Waals surface area contributed by atoms with Crippen LogP contribution < -0.4 is 0 Å². The van der Waals surface area contributed by atoms with Gasteiger partial charge in [-0.15, -0.1) is 0 Å². The number of ketones is 1. The molecule has 0 amide bonds. The van der Waals surface area contributed by atoms with Crippen LogP contribution in [0.15, 0.2) is 23.8 Å². The predicted molar refractivity (Wildman–Crippen MR) is 211 cm³/mol. The lowest BCUT2D eigenvalue weighted by Crippen LogP contribution is -2.51. The Morgan fingerprint density at radius 2 is 1.67 bits per heavy atom. The molecule has 0 spiro atoms. The van der Waals surface area contributed by atoms with Crippen LogP contribution in [0.4, 0.5) is 0 Å². The van der Waals surface area contributed by atoms with Gasteiger partial charge < -0.3 is 9.47 Å². The second kappa shape index (κ2) is 18.8. The summed E-state index contributed by atoms with van der Waals surface area (Å²) < 4.78 is 11.8. The molecule has 4 heteroatoms. The van der Waals surface area contributed by atoms with Gasteiger partial charge in [-0.25, -0.2) is 0 Å². The van der Waals surface area contributed by atoms with E-state index in [9.17, 15) is 9.59 Å². The Hall–Kier alpha value is -1.42. The lowest BCUT2D eigenvalue weighted by molar-refractivity contribution is -0.151. The topological polar surface area (TPSA) is 55.9 Å². The van der Waals surface area contributed by atoms with Crippen LogP contribution in [-0.2, 0) is 19.1 Å². The molecule has 0 aromatic heterocycles. The smallest absolute Gasteiger partial charge is 0.306 e. The monoisotopic (exact) mass is 707 g/mol. The summed E-state index contributed by atoms with van der Waals surface area (Å²) in [6, 6.07) is 0. The van der Waals surface area contributed by atoms with Crippen LogP contribution in [0.2, 0.25) is 0 Å². The molecule has 5 aliphatic rings. The number of epoxide rings is 1. The molecule has 0 aromatic carbocycles. The van der Waals surface area contributed by atoms with E-state index in [-0.39, 0.29) is 24.0 Å². The van der Waals surface area contributed by atoms with E-state index >= 15 is 0 Å². The van der Waals surface area contributed by atoms with E-state index in [4.69, 9.17) is 9.47 Å². The highest BCUT2D eigenvalue weighted by Gasteiger charge is 2.59. The van der Waals surface area contributed by atoms with Gasteiger partial charge in [0.25, 0.3) is 0 Å². The maximum Gasteiger partial charge on any atom is 0.306 e. The molecule has 0 bridgehead atoms. The molecule has 3 saturated carbocycles. The minimum absolute atomic E-state index is 0.00769. The Balaban J connectivity index is 0.983.